The molecule has 0 saturated heterocycles. The van der Waals surface area contributed by atoms with Crippen molar-refractivity contribution in [3.8, 4) is 5.75 Å². The number of phenolic OH excluding ortho intramolecular Hbond substituents is 1. The highest BCUT2D eigenvalue weighted by molar-refractivity contribution is 6.15. The summed E-state index contributed by atoms with van der Waals surface area (Å²) in [5.41, 5.74) is 1.37. The van der Waals surface area contributed by atoms with E-state index < -0.39 is 5.63 Å². The number of aliphatic imine (C=N–C) groups is 1. The molecule has 0 aliphatic carbocycles. The summed E-state index contributed by atoms with van der Waals surface area (Å²) in [6, 6.07) is 6.43. The molecule has 0 amide bonds. The van der Waals surface area contributed by atoms with Crippen molar-refractivity contribution in [2.24, 2.45) is 4.99 Å². The molecule has 23 heavy (non-hydrogen) atoms. The number of rotatable bonds is 3. The van der Waals surface area contributed by atoms with E-state index in [0.29, 0.717) is 40.3 Å². The first-order valence-electron chi connectivity index (χ1n) is 7.25. The Bertz CT molecular complexity index is 1020. The molecule has 5 heteroatoms. The Labute approximate surface area is 131 Å². The Morgan fingerprint density at radius 1 is 1.22 bits per heavy atom. The summed E-state index contributed by atoms with van der Waals surface area (Å²) in [5.74, 6) is 0.00820. The number of phenols is 1. The lowest BCUT2D eigenvalue weighted by atomic mass is 9.97. The van der Waals surface area contributed by atoms with Gasteiger partial charge in [0.2, 0.25) is 0 Å². The number of carbonyl (C=O) groups excluding carboxylic acids is 1. The Morgan fingerprint density at radius 2 is 1.96 bits per heavy atom. The van der Waals surface area contributed by atoms with E-state index in [1.165, 1.54) is 12.3 Å². The van der Waals surface area contributed by atoms with Gasteiger partial charge in [-0.25, -0.2) is 4.79 Å². The number of hydrogen-bond donors (Lipinski definition) is 1. The molecular weight excluding hydrogens is 294 g/mol. The van der Waals surface area contributed by atoms with Gasteiger partial charge in [0.05, 0.1) is 0 Å². The topological polar surface area (TPSA) is 79.9 Å². The zero-order valence-electron chi connectivity index (χ0n) is 12.8. The molecule has 1 heterocycles. The maximum Gasteiger partial charge on any atom is 0.336 e. The molecule has 116 valence electrons. The molecule has 0 aliphatic rings. The normalized spacial score (nSPS) is 11.6. The lowest BCUT2D eigenvalue weighted by Crippen LogP contribution is -2.00. The molecule has 1 aromatic heterocycles. The maximum absolute atomic E-state index is 11.7. The van der Waals surface area contributed by atoms with Crippen LogP contribution in [0.25, 0.3) is 21.7 Å². The van der Waals surface area contributed by atoms with Crippen LogP contribution in [-0.2, 0) is 0 Å². The minimum atomic E-state index is -0.490. The van der Waals surface area contributed by atoms with Crippen molar-refractivity contribution in [2.75, 3.05) is 6.54 Å². The largest absolute Gasteiger partial charge is 0.507 e. The van der Waals surface area contributed by atoms with Crippen LogP contribution in [0.3, 0.4) is 0 Å². The first-order chi connectivity index (χ1) is 11.1. The summed E-state index contributed by atoms with van der Waals surface area (Å²) in [6.07, 6.45) is 2.21. The van der Waals surface area contributed by atoms with E-state index in [2.05, 4.69) is 4.99 Å². The van der Waals surface area contributed by atoms with E-state index >= 15 is 0 Å². The van der Waals surface area contributed by atoms with Crippen molar-refractivity contribution in [3.63, 3.8) is 0 Å². The lowest BCUT2D eigenvalue weighted by molar-refractivity contribution is 0.112. The van der Waals surface area contributed by atoms with E-state index in [0.717, 1.165) is 10.9 Å². The van der Waals surface area contributed by atoms with Crippen molar-refractivity contribution >= 4 is 34.2 Å². The van der Waals surface area contributed by atoms with Crippen molar-refractivity contribution in [1.82, 2.24) is 0 Å². The summed E-state index contributed by atoms with van der Waals surface area (Å²) in [5, 5.41) is 12.1. The SMILES string of the molecule is CCN=Cc1cc(C=O)c2c(ccc3c(C)cc(=O)oc32)c1O. The quantitative estimate of drug-likeness (QED) is 0.349. The summed E-state index contributed by atoms with van der Waals surface area (Å²) < 4.78 is 5.32. The van der Waals surface area contributed by atoms with Crippen LogP contribution in [0.1, 0.15) is 28.4 Å². The highest BCUT2D eigenvalue weighted by Gasteiger charge is 2.15. The van der Waals surface area contributed by atoms with Gasteiger partial charge in [-0.15, -0.1) is 0 Å². The molecule has 0 saturated carbocycles. The summed E-state index contributed by atoms with van der Waals surface area (Å²) in [4.78, 5) is 27.3. The van der Waals surface area contributed by atoms with E-state index in [1.807, 2.05) is 6.92 Å². The highest BCUT2D eigenvalue weighted by atomic mass is 16.4. The second-order valence-corrected chi connectivity index (χ2v) is 5.26. The van der Waals surface area contributed by atoms with Crippen molar-refractivity contribution in [3.05, 3.63) is 51.4 Å². The van der Waals surface area contributed by atoms with Crippen LogP contribution in [0.4, 0.5) is 0 Å². The Morgan fingerprint density at radius 3 is 2.65 bits per heavy atom. The van der Waals surface area contributed by atoms with Gasteiger partial charge in [-0.1, -0.05) is 6.07 Å². The third-order valence-corrected chi connectivity index (χ3v) is 3.79. The fraction of sp³-hybridized carbons (Fsp3) is 0.167. The second-order valence-electron chi connectivity index (χ2n) is 5.26. The minimum Gasteiger partial charge on any atom is -0.507 e. The van der Waals surface area contributed by atoms with E-state index in [1.54, 1.807) is 25.1 Å². The fourth-order valence-corrected chi connectivity index (χ4v) is 2.71. The Kier molecular flexibility index (Phi) is 3.70. The van der Waals surface area contributed by atoms with Crippen LogP contribution in [0, 0.1) is 6.92 Å². The predicted octanol–water partition coefficient (Wildman–Crippen LogP) is 3.21. The number of nitrogens with zero attached hydrogens (tertiary/aromatic N) is 1. The minimum absolute atomic E-state index is 0.00820. The fourth-order valence-electron chi connectivity index (χ4n) is 2.71. The predicted molar refractivity (Wildman–Crippen MR) is 89.9 cm³/mol. The highest BCUT2D eigenvalue weighted by Crippen LogP contribution is 2.35. The molecule has 0 spiro atoms. The monoisotopic (exact) mass is 309 g/mol. The van der Waals surface area contributed by atoms with Gasteiger partial charge in [0.15, 0.2) is 6.29 Å². The molecule has 0 unspecified atom stereocenters. The van der Waals surface area contributed by atoms with Crippen LogP contribution in [-0.4, -0.2) is 24.2 Å². The molecule has 0 radical (unpaired) electrons. The van der Waals surface area contributed by atoms with Crippen LogP contribution in [0.15, 0.2) is 38.5 Å². The number of benzene rings is 2. The first kappa shape index (κ1) is 15.0. The van der Waals surface area contributed by atoms with Crippen LogP contribution < -0.4 is 5.63 Å². The zero-order chi connectivity index (χ0) is 16.6. The molecule has 0 aliphatic heterocycles. The van der Waals surface area contributed by atoms with Gasteiger partial charge in [0, 0.05) is 46.1 Å². The first-order valence-corrected chi connectivity index (χ1v) is 7.25. The Hall–Kier alpha value is -2.95. The number of aryl methyl sites for hydroxylation is 1. The van der Waals surface area contributed by atoms with Crippen LogP contribution in [0.2, 0.25) is 0 Å². The molecule has 3 rings (SSSR count). The van der Waals surface area contributed by atoms with E-state index in [9.17, 15) is 14.7 Å². The van der Waals surface area contributed by atoms with Gasteiger partial charge in [-0.3, -0.25) is 9.79 Å². The molecule has 3 aromatic rings. The third-order valence-electron chi connectivity index (χ3n) is 3.79. The summed E-state index contributed by atoms with van der Waals surface area (Å²) >= 11 is 0. The standard InChI is InChI=1S/C18H15NO4/c1-3-19-8-11-7-12(9-20)16-14(17(11)22)5-4-13-10(2)6-15(21)23-18(13)16/h4-9,22H,3H2,1-2H3. The number of aromatic hydroxyl groups is 1. The zero-order valence-corrected chi connectivity index (χ0v) is 12.8. The molecule has 5 nitrogen and oxygen atoms in total. The number of hydrogen-bond acceptors (Lipinski definition) is 5. The van der Waals surface area contributed by atoms with Gasteiger partial charge in [0.1, 0.15) is 11.3 Å². The maximum atomic E-state index is 11.7. The summed E-state index contributed by atoms with van der Waals surface area (Å²) in [7, 11) is 0. The molecule has 2 aromatic carbocycles. The number of aldehydes is 1. The van der Waals surface area contributed by atoms with Gasteiger partial charge >= 0.3 is 5.63 Å². The van der Waals surface area contributed by atoms with Gasteiger partial charge < -0.3 is 9.52 Å². The van der Waals surface area contributed by atoms with Crippen LogP contribution >= 0.6 is 0 Å². The van der Waals surface area contributed by atoms with Crippen molar-refractivity contribution in [1.29, 1.82) is 0 Å². The Balaban J connectivity index is 2.53. The van der Waals surface area contributed by atoms with Gasteiger partial charge in [-0.05, 0) is 31.5 Å². The average molecular weight is 309 g/mol. The van der Waals surface area contributed by atoms with Crippen molar-refractivity contribution < 1.29 is 14.3 Å². The molecule has 1 N–H and O–H groups in total. The summed E-state index contributed by atoms with van der Waals surface area (Å²) in [6.45, 7) is 4.24. The number of carbonyl (C=O) groups is 1. The molecule has 0 fully saturated rings. The van der Waals surface area contributed by atoms with E-state index in [4.69, 9.17) is 4.42 Å². The molecule has 0 bridgehead atoms. The van der Waals surface area contributed by atoms with Crippen molar-refractivity contribution in [2.45, 2.75) is 13.8 Å². The smallest absolute Gasteiger partial charge is 0.336 e. The molecule has 0 atom stereocenters. The van der Waals surface area contributed by atoms with Gasteiger partial charge in [-0.2, -0.15) is 0 Å². The third kappa shape index (κ3) is 2.40. The lowest BCUT2D eigenvalue weighted by Gasteiger charge is -2.10. The van der Waals surface area contributed by atoms with Crippen LogP contribution in [0.5, 0.6) is 5.75 Å². The van der Waals surface area contributed by atoms with E-state index in [-0.39, 0.29) is 5.75 Å². The second kappa shape index (κ2) is 5.68. The number of fused-ring (bicyclic) bond motifs is 3. The van der Waals surface area contributed by atoms with Gasteiger partial charge in [0.25, 0.3) is 0 Å². The molecular formula is C18H15NO4. The average Bonchev–Trinajstić information content (AvgIpc) is 2.53.